The number of hydrogen-bond acceptors (Lipinski definition) is 6. The third-order valence-electron chi connectivity index (χ3n) is 8.41. The largest absolute Gasteiger partial charge is 0.465 e. The molecule has 216 valence electrons. The fourth-order valence-corrected chi connectivity index (χ4v) is 6.45. The number of anilines is 1. The summed E-state index contributed by atoms with van der Waals surface area (Å²) < 4.78 is 14.8. The first-order chi connectivity index (χ1) is 19.1. The molecule has 0 radical (unpaired) electrons. The summed E-state index contributed by atoms with van der Waals surface area (Å²) in [6.45, 7) is 15.5. The number of carbonyl (C=O) groups is 1. The summed E-state index contributed by atoms with van der Waals surface area (Å²) in [4.78, 5) is 21.9. The Kier molecular flexibility index (Phi) is 8.60. The van der Waals surface area contributed by atoms with Crippen LogP contribution in [-0.4, -0.2) is 66.4 Å². The van der Waals surface area contributed by atoms with Gasteiger partial charge < -0.3 is 18.9 Å². The maximum atomic E-state index is 11.7. The van der Waals surface area contributed by atoms with Crippen LogP contribution < -0.4 is 4.90 Å². The molecule has 1 atom stereocenters. The normalized spacial score (nSPS) is 17.4. The molecule has 1 aromatic carbocycles. The average Bonchev–Trinajstić information content (AvgIpc) is 3.75. The number of esters is 1. The van der Waals surface area contributed by atoms with E-state index in [1.165, 1.54) is 41.9 Å². The smallest absolute Gasteiger partial charge is 0.302 e. The lowest BCUT2D eigenvalue weighted by Crippen LogP contribution is -2.47. The molecule has 1 saturated carbocycles. The van der Waals surface area contributed by atoms with Gasteiger partial charge in [0.2, 0.25) is 0 Å². The number of ether oxygens (including phenoxy) is 2. The Morgan fingerprint density at radius 2 is 1.90 bits per heavy atom. The fraction of sp³-hybridized carbons (Fsp3) is 0.562. The fourth-order valence-electron chi connectivity index (χ4n) is 6.09. The zero-order valence-electron chi connectivity index (χ0n) is 24.8. The molecule has 0 N–H and O–H groups in total. The van der Waals surface area contributed by atoms with Crippen molar-refractivity contribution in [3.8, 4) is 11.3 Å². The molecule has 1 aliphatic carbocycles. The van der Waals surface area contributed by atoms with Gasteiger partial charge in [0.15, 0.2) is 0 Å². The molecule has 3 aromatic rings. The molecule has 2 fully saturated rings. The summed E-state index contributed by atoms with van der Waals surface area (Å²) in [7, 11) is 1.75. The van der Waals surface area contributed by atoms with Crippen molar-refractivity contribution < 1.29 is 14.3 Å². The van der Waals surface area contributed by atoms with Gasteiger partial charge in [0.05, 0.1) is 36.0 Å². The molecule has 0 amide bonds. The van der Waals surface area contributed by atoms with E-state index >= 15 is 0 Å². The van der Waals surface area contributed by atoms with Gasteiger partial charge in [-0.1, -0.05) is 29.8 Å². The Bertz CT molecular complexity index is 1370. The van der Waals surface area contributed by atoms with Gasteiger partial charge in [-0.15, -0.1) is 0 Å². The van der Waals surface area contributed by atoms with Gasteiger partial charge in [0.25, 0.3) is 0 Å². The average molecular weight is 612 g/mol. The molecule has 2 aromatic heterocycles. The van der Waals surface area contributed by atoms with E-state index in [0.29, 0.717) is 6.61 Å². The van der Waals surface area contributed by atoms with Crippen molar-refractivity contribution in [3.05, 3.63) is 46.2 Å². The minimum atomic E-state index is -0.257. The van der Waals surface area contributed by atoms with Gasteiger partial charge >= 0.3 is 5.97 Å². The minimum Gasteiger partial charge on any atom is -0.465 e. The van der Waals surface area contributed by atoms with Crippen LogP contribution in [0.2, 0.25) is 0 Å². The number of fused-ring (bicyclic) bond motifs is 1. The standard InChI is InChI=1S/C32H43BrN4O3/c1-7-37-29-11-8-23(33)16-26(29)28(18-32(4,5)20-40-22(3)38)31(37)27-17-25(19-34-30(27)21(2)39-6)36-14-12-35(13-15-36)24-9-10-24/h8,11,16-17,19,21,24H,7,9-10,12-15,18,20H2,1-6H3/t21-/m0/s1. The summed E-state index contributed by atoms with van der Waals surface area (Å²) in [5, 5.41) is 1.21. The Hall–Kier alpha value is -2.42. The zero-order valence-corrected chi connectivity index (χ0v) is 26.4. The second kappa shape index (κ2) is 11.8. The molecular formula is C32H43BrN4O3. The topological polar surface area (TPSA) is 59.8 Å². The molecule has 1 aliphatic heterocycles. The van der Waals surface area contributed by atoms with Gasteiger partial charge in [0.1, 0.15) is 0 Å². The number of benzene rings is 1. The van der Waals surface area contributed by atoms with E-state index in [4.69, 9.17) is 14.5 Å². The number of hydrogen-bond donors (Lipinski definition) is 0. The Morgan fingerprint density at radius 3 is 2.52 bits per heavy atom. The molecule has 0 spiro atoms. The highest BCUT2D eigenvalue weighted by molar-refractivity contribution is 9.10. The quantitative estimate of drug-likeness (QED) is 0.241. The number of rotatable bonds is 10. The van der Waals surface area contributed by atoms with Gasteiger partial charge in [-0.3, -0.25) is 14.7 Å². The molecule has 7 nitrogen and oxygen atoms in total. The Morgan fingerprint density at radius 1 is 1.18 bits per heavy atom. The number of halogens is 1. The summed E-state index contributed by atoms with van der Waals surface area (Å²) in [5.41, 5.74) is 6.58. The second-order valence-electron chi connectivity index (χ2n) is 12.1. The number of piperazine rings is 1. The van der Waals surface area contributed by atoms with Crippen LogP contribution in [0.5, 0.6) is 0 Å². The number of aromatic nitrogens is 2. The predicted octanol–water partition coefficient (Wildman–Crippen LogP) is 6.61. The molecule has 0 bridgehead atoms. The van der Waals surface area contributed by atoms with Crippen molar-refractivity contribution in [2.24, 2.45) is 5.41 Å². The van der Waals surface area contributed by atoms with Crippen molar-refractivity contribution >= 4 is 38.5 Å². The van der Waals surface area contributed by atoms with Gasteiger partial charge in [-0.25, -0.2) is 0 Å². The van der Waals surface area contributed by atoms with E-state index in [1.807, 2.05) is 6.20 Å². The third-order valence-corrected chi connectivity index (χ3v) is 8.90. The summed E-state index contributed by atoms with van der Waals surface area (Å²) >= 11 is 3.72. The van der Waals surface area contributed by atoms with E-state index in [1.54, 1.807) is 7.11 Å². The number of pyridine rings is 1. The number of nitrogens with zero attached hydrogens (tertiary/aromatic N) is 4. The lowest BCUT2D eigenvalue weighted by Gasteiger charge is -2.36. The van der Waals surface area contributed by atoms with E-state index < -0.39 is 0 Å². The van der Waals surface area contributed by atoms with Crippen LogP contribution in [0.25, 0.3) is 22.2 Å². The van der Waals surface area contributed by atoms with Crippen LogP contribution in [0.3, 0.4) is 0 Å². The van der Waals surface area contributed by atoms with Crippen LogP contribution in [0.1, 0.15) is 64.8 Å². The van der Waals surface area contributed by atoms with Crippen molar-refractivity contribution in [2.45, 2.75) is 72.6 Å². The highest BCUT2D eigenvalue weighted by Gasteiger charge is 2.32. The monoisotopic (exact) mass is 610 g/mol. The van der Waals surface area contributed by atoms with Crippen molar-refractivity contribution in [1.29, 1.82) is 0 Å². The highest BCUT2D eigenvalue weighted by atomic mass is 79.9. The molecule has 5 rings (SSSR count). The first kappa shape index (κ1) is 29.1. The number of methoxy groups -OCH3 is 1. The number of carbonyl (C=O) groups excluding carboxylic acids is 1. The summed E-state index contributed by atoms with van der Waals surface area (Å²) in [6, 6.07) is 9.67. The first-order valence-corrected chi connectivity index (χ1v) is 15.4. The molecular weight excluding hydrogens is 568 g/mol. The van der Waals surface area contributed by atoms with E-state index in [9.17, 15) is 4.79 Å². The number of aryl methyl sites for hydroxylation is 1. The van der Waals surface area contributed by atoms with Gasteiger partial charge in [-0.2, -0.15) is 0 Å². The summed E-state index contributed by atoms with van der Waals surface area (Å²) in [6.07, 6.45) is 5.32. The molecule has 40 heavy (non-hydrogen) atoms. The maximum absolute atomic E-state index is 11.7. The summed E-state index contributed by atoms with van der Waals surface area (Å²) in [5.74, 6) is -0.248. The molecule has 8 heteroatoms. The zero-order chi connectivity index (χ0) is 28.6. The van der Waals surface area contributed by atoms with Crippen LogP contribution in [0.15, 0.2) is 34.9 Å². The van der Waals surface area contributed by atoms with Crippen LogP contribution >= 0.6 is 15.9 Å². The molecule has 1 saturated heterocycles. The SMILES string of the molecule is CCn1c(-c2cc(N3CCN(C4CC4)CC3)cnc2[C@H](C)OC)c(CC(C)(C)COC(C)=O)c2cc(Br)ccc21. The maximum Gasteiger partial charge on any atom is 0.302 e. The predicted molar refractivity (Wildman–Crippen MR) is 165 cm³/mol. The van der Waals surface area contributed by atoms with Crippen molar-refractivity contribution in [1.82, 2.24) is 14.5 Å². The van der Waals surface area contributed by atoms with Crippen molar-refractivity contribution in [3.63, 3.8) is 0 Å². The first-order valence-electron chi connectivity index (χ1n) is 14.6. The van der Waals surface area contributed by atoms with Crippen molar-refractivity contribution in [2.75, 3.05) is 44.8 Å². The lowest BCUT2D eigenvalue weighted by molar-refractivity contribution is -0.143. The second-order valence-corrected chi connectivity index (χ2v) is 13.0. The van der Waals surface area contributed by atoms with E-state index in [-0.39, 0.29) is 17.5 Å². The third kappa shape index (κ3) is 6.09. The van der Waals surface area contributed by atoms with Gasteiger partial charge in [0, 0.05) is 79.2 Å². The molecule has 3 heterocycles. The van der Waals surface area contributed by atoms with Gasteiger partial charge in [-0.05, 0) is 62.9 Å². The van der Waals surface area contributed by atoms with E-state index in [2.05, 4.69) is 82.3 Å². The minimum absolute atomic E-state index is 0.160. The van der Waals surface area contributed by atoms with Crippen LogP contribution in [0, 0.1) is 5.41 Å². The highest BCUT2D eigenvalue weighted by Crippen LogP contribution is 2.42. The van der Waals surface area contributed by atoms with Crippen LogP contribution in [-0.2, 0) is 27.2 Å². The molecule has 0 unspecified atom stereocenters. The van der Waals surface area contributed by atoms with E-state index in [0.717, 1.165) is 66.6 Å². The van der Waals surface area contributed by atoms with Crippen LogP contribution in [0.4, 0.5) is 5.69 Å². The lowest BCUT2D eigenvalue weighted by atomic mass is 9.84. The Balaban J connectivity index is 1.65. The molecule has 2 aliphatic rings. The Labute approximate surface area is 247 Å².